The lowest BCUT2D eigenvalue weighted by atomic mass is 10.1. The molecule has 0 aliphatic carbocycles. The summed E-state index contributed by atoms with van der Waals surface area (Å²) in [5, 5.41) is 3.09. The van der Waals surface area contributed by atoms with Crippen LogP contribution in [0, 0.1) is 13.8 Å². The standard InChI is InChI=1S/C22H26N4O4S/c1-7-15-13(4)26-11-14(9-10-16(26)23-15)19(27)24-20-17(22(29)30-8-2)12(3)18(31-20)21(28)25(5)6/h9-11H,7-8H2,1-6H3,(H,24,27). The van der Waals surface area contributed by atoms with Crippen LogP contribution in [-0.4, -0.2) is 52.8 Å². The molecule has 0 spiro atoms. The van der Waals surface area contributed by atoms with E-state index in [0.29, 0.717) is 21.0 Å². The predicted molar refractivity (Wildman–Crippen MR) is 120 cm³/mol. The Balaban J connectivity index is 2.00. The molecule has 0 saturated heterocycles. The van der Waals surface area contributed by atoms with E-state index < -0.39 is 5.97 Å². The van der Waals surface area contributed by atoms with Crippen LogP contribution in [-0.2, 0) is 11.2 Å². The molecule has 3 aromatic rings. The summed E-state index contributed by atoms with van der Waals surface area (Å²) in [4.78, 5) is 44.5. The number of ether oxygens (including phenoxy) is 1. The van der Waals surface area contributed by atoms with E-state index in [4.69, 9.17) is 4.74 Å². The Morgan fingerprint density at radius 1 is 1.19 bits per heavy atom. The van der Waals surface area contributed by atoms with Crippen LogP contribution in [0.3, 0.4) is 0 Å². The molecule has 0 bridgehead atoms. The van der Waals surface area contributed by atoms with E-state index in [0.717, 1.165) is 34.8 Å². The number of nitrogens with one attached hydrogen (secondary N) is 1. The van der Waals surface area contributed by atoms with Crippen LogP contribution in [0.25, 0.3) is 5.65 Å². The van der Waals surface area contributed by atoms with Crippen molar-refractivity contribution in [1.29, 1.82) is 0 Å². The first-order chi connectivity index (χ1) is 14.7. The molecule has 0 atom stereocenters. The normalized spacial score (nSPS) is 10.9. The molecule has 0 aromatic carbocycles. The van der Waals surface area contributed by atoms with Crippen LogP contribution in [0.5, 0.6) is 0 Å². The molecule has 0 fully saturated rings. The number of rotatable bonds is 6. The van der Waals surface area contributed by atoms with Crippen LogP contribution in [0.4, 0.5) is 5.00 Å². The average Bonchev–Trinajstić information content (AvgIpc) is 3.23. The van der Waals surface area contributed by atoms with Crippen molar-refractivity contribution in [3.63, 3.8) is 0 Å². The van der Waals surface area contributed by atoms with Gasteiger partial charge in [0.15, 0.2) is 0 Å². The SMILES string of the molecule is CCOC(=O)c1c(NC(=O)c2ccc3nc(CC)c(C)n3c2)sc(C(=O)N(C)C)c1C. The van der Waals surface area contributed by atoms with Gasteiger partial charge in [-0.3, -0.25) is 9.59 Å². The van der Waals surface area contributed by atoms with Gasteiger partial charge in [-0.25, -0.2) is 9.78 Å². The fraction of sp³-hybridized carbons (Fsp3) is 0.364. The van der Waals surface area contributed by atoms with Crippen LogP contribution in [0.15, 0.2) is 18.3 Å². The molecule has 0 aliphatic heterocycles. The van der Waals surface area contributed by atoms with Crippen molar-refractivity contribution in [2.75, 3.05) is 26.0 Å². The van der Waals surface area contributed by atoms with E-state index in [1.165, 1.54) is 4.90 Å². The zero-order chi connectivity index (χ0) is 22.9. The maximum atomic E-state index is 13.0. The Morgan fingerprint density at radius 2 is 1.90 bits per heavy atom. The van der Waals surface area contributed by atoms with Crippen LogP contribution in [0.1, 0.15) is 61.2 Å². The van der Waals surface area contributed by atoms with Gasteiger partial charge in [0.2, 0.25) is 0 Å². The van der Waals surface area contributed by atoms with Crippen LogP contribution < -0.4 is 5.32 Å². The van der Waals surface area contributed by atoms with Gasteiger partial charge in [0.25, 0.3) is 11.8 Å². The lowest BCUT2D eigenvalue weighted by Crippen LogP contribution is -2.21. The molecular formula is C22H26N4O4S. The van der Waals surface area contributed by atoms with E-state index in [2.05, 4.69) is 10.3 Å². The second-order valence-electron chi connectivity index (χ2n) is 7.28. The van der Waals surface area contributed by atoms with Crippen molar-refractivity contribution < 1.29 is 19.1 Å². The van der Waals surface area contributed by atoms with Gasteiger partial charge in [0, 0.05) is 26.0 Å². The van der Waals surface area contributed by atoms with Crippen molar-refractivity contribution in [1.82, 2.24) is 14.3 Å². The van der Waals surface area contributed by atoms with Gasteiger partial charge in [0.05, 0.1) is 28.3 Å². The molecule has 0 saturated carbocycles. The molecule has 0 radical (unpaired) electrons. The van der Waals surface area contributed by atoms with Crippen molar-refractivity contribution in [2.45, 2.75) is 34.1 Å². The molecule has 9 heteroatoms. The third-order valence-electron chi connectivity index (χ3n) is 5.01. The Morgan fingerprint density at radius 3 is 2.52 bits per heavy atom. The number of carbonyl (C=O) groups excluding carboxylic acids is 3. The molecule has 164 valence electrons. The summed E-state index contributed by atoms with van der Waals surface area (Å²) in [5.41, 5.74) is 3.83. The van der Waals surface area contributed by atoms with Gasteiger partial charge in [-0.05, 0) is 44.9 Å². The number of amides is 2. The number of anilines is 1. The van der Waals surface area contributed by atoms with Crippen molar-refractivity contribution >= 4 is 39.8 Å². The largest absolute Gasteiger partial charge is 0.462 e. The third-order valence-corrected chi connectivity index (χ3v) is 6.20. The Bertz CT molecular complexity index is 1180. The fourth-order valence-electron chi connectivity index (χ4n) is 3.31. The number of fused-ring (bicyclic) bond motifs is 1. The van der Waals surface area contributed by atoms with Gasteiger partial charge in [-0.2, -0.15) is 0 Å². The summed E-state index contributed by atoms with van der Waals surface area (Å²) in [7, 11) is 3.27. The molecule has 31 heavy (non-hydrogen) atoms. The van der Waals surface area contributed by atoms with Gasteiger partial charge in [-0.1, -0.05) is 6.92 Å². The quantitative estimate of drug-likeness (QED) is 0.588. The Kier molecular flexibility index (Phi) is 6.45. The van der Waals surface area contributed by atoms with Crippen LogP contribution in [0.2, 0.25) is 0 Å². The number of esters is 1. The maximum absolute atomic E-state index is 13.0. The second-order valence-corrected chi connectivity index (χ2v) is 8.30. The number of thiophene rings is 1. The zero-order valence-corrected chi connectivity index (χ0v) is 19.3. The highest BCUT2D eigenvalue weighted by atomic mass is 32.1. The highest BCUT2D eigenvalue weighted by Gasteiger charge is 2.27. The highest BCUT2D eigenvalue weighted by Crippen LogP contribution is 2.34. The first-order valence-electron chi connectivity index (χ1n) is 10.0. The number of imidazole rings is 1. The zero-order valence-electron chi connectivity index (χ0n) is 18.5. The van der Waals surface area contributed by atoms with Gasteiger partial charge in [-0.15, -0.1) is 11.3 Å². The fourth-order valence-corrected chi connectivity index (χ4v) is 4.52. The van der Waals surface area contributed by atoms with Crippen molar-refractivity contribution in [3.8, 4) is 0 Å². The first-order valence-corrected chi connectivity index (χ1v) is 10.8. The second kappa shape index (κ2) is 8.89. The molecule has 3 heterocycles. The third kappa shape index (κ3) is 4.18. The van der Waals surface area contributed by atoms with Crippen molar-refractivity contribution in [2.24, 2.45) is 0 Å². The topological polar surface area (TPSA) is 93.0 Å². The molecule has 8 nitrogen and oxygen atoms in total. The summed E-state index contributed by atoms with van der Waals surface area (Å²) in [6, 6.07) is 3.47. The minimum absolute atomic E-state index is 0.189. The summed E-state index contributed by atoms with van der Waals surface area (Å²) in [6.07, 6.45) is 2.53. The minimum Gasteiger partial charge on any atom is -0.462 e. The average molecular weight is 443 g/mol. The van der Waals surface area contributed by atoms with Crippen LogP contribution >= 0.6 is 11.3 Å². The molecule has 1 N–H and O–H groups in total. The summed E-state index contributed by atoms with van der Waals surface area (Å²) >= 11 is 1.07. The number of carbonyl (C=O) groups is 3. The van der Waals surface area contributed by atoms with E-state index in [9.17, 15) is 14.4 Å². The lowest BCUT2D eigenvalue weighted by Gasteiger charge is -2.09. The minimum atomic E-state index is -0.571. The highest BCUT2D eigenvalue weighted by molar-refractivity contribution is 7.18. The molecule has 3 aromatic heterocycles. The Hall–Kier alpha value is -3.20. The van der Waals surface area contributed by atoms with Gasteiger partial charge in [0.1, 0.15) is 10.6 Å². The lowest BCUT2D eigenvalue weighted by molar-refractivity contribution is 0.0527. The van der Waals surface area contributed by atoms with Gasteiger partial charge >= 0.3 is 5.97 Å². The number of hydrogen-bond donors (Lipinski definition) is 1. The monoisotopic (exact) mass is 442 g/mol. The van der Waals surface area contributed by atoms with E-state index >= 15 is 0 Å². The number of hydrogen-bond acceptors (Lipinski definition) is 6. The van der Waals surface area contributed by atoms with E-state index in [1.54, 1.807) is 46.3 Å². The van der Waals surface area contributed by atoms with Gasteiger partial charge < -0.3 is 19.4 Å². The molecule has 3 rings (SSSR count). The number of nitrogens with zero attached hydrogens (tertiary/aromatic N) is 3. The number of aryl methyl sites for hydroxylation is 2. The number of aromatic nitrogens is 2. The van der Waals surface area contributed by atoms with E-state index in [1.807, 2.05) is 18.2 Å². The predicted octanol–water partition coefficient (Wildman–Crippen LogP) is 3.71. The smallest absolute Gasteiger partial charge is 0.341 e. The maximum Gasteiger partial charge on any atom is 0.341 e. The Labute approximate surface area is 184 Å². The van der Waals surface area contributed by atoms with E-state index in [-0.39, 0.29) is 24.0 Å². The molecule has 2 amide bonds. The van der Waals surface area contributed by atoms with Crippen molar-refractivity contribution in [3.05, 3.63) is 51.3 Å². The molecular weight excluding hydrogens is 416 g/mol. The summed E-state index contributed by atoms with van der Waals surface area (Å²) in [6.45, 7) is 7.57. The molecule has 0 unspecified atom stereocenters. The number of pyridine rings is 1. The summed E-state index contributed by atoms with van der Waals surface area (Å²) < 4.78 is 7.03. The first kappa shape index (κ1) is 22.5. The molecule has 0 aliphatic rings. The summed E-state index contributed by atoms with van der Waals surface area (Å²) in [5.74, 6) is -1.20.